The molecule has 0 radical (unpaired) electrons. The summed E-state index contributed by atoms with van der Waals surface area (Å²) in [6, 6.07) is 6.03. The fraction of sp³-hybridized carbons (Fsp3) is 0.591. The second kappa shape index (κ2) is 10.8. The van der Waals surface area contributed by atoms with Crippen molar-refractivity contribution in [3.05, 3.63) is 36.0 Å². The van der Waals surface area contributed by atoms with Crippen molar-refractivity contribution in [3.8, 4) is 11.4 Å². The van der Waals surface area contributed by atoms with Crippen LogP contribution in [0.25, 0.3) is 11.4 Å². The molecule has 2 aliphatic heterocycles. The molecule has 2 aromatic rings. The molecule has 0 bridgehead atoms. The van der Waals surface area contributed by atoms with Crippen molar-refractivity contribution in [1.82, 2.24) is 25.3 Å². The molecule has 2 fully saturated rings. The number of morpholine rings is 1. The largest absolute Gasteiger partial charge is 0.379 e. The van der Waals surface area contributed by atoms with Crippen LogP contribution in [0.15, 0.2) is 28.8 Å². The highest BCUT2D eigenvalue weighted by molar-refractivity contribution is 5.78. The third-order valence-corrected chi connectivity index (χ3v) is 5.94. The number of hydrogen-bond donors (Lipinski definition) is 1. The number of nitrogens with zero attached hydrogens (tertiary/aromatic N) is 4. The van der Waals surface area contributed by atoms with Gasteiger partial charge < -0.3 is 14.6 Å². The Labute approximate surface area is 181 Å². The number of nitrogens with one attached hydrogen (secondary N) is 1. The topological polar surface area (TPSA) is 83.7 Å². The van der Waals surface area contributed by atoms with Gasteiger partial charge in [0, 0.05) is 31.1 Å². The third-order valence-electron chi connectivity index (χ3n) is 5.94. The molecule has 0 aliphatic carbocycles. The number of piperidine rings is 1. The van der Waals surface area contributed by atoms with E-state index in [1.54, 1.807) is 12.1 Å². The van der Waals surface area contributed by atoms with E-state index in [4.69, 9.17) is 9.26 Å². The quantitative estimate of drug-likeness (QED) is 0.640. The highest BCUT2D eigenvalue weighted by Gasteiger charge is 2.26. The maximum absolute atomic E-state index is 13.1. The molecule has 31 heavy (non-hydrogen) atoms. The van der Waals surface area contributed by atoms with Gasteiger partial charge >= 0.3 is 0 Å². The summed E-state index contributed by atoms with van der Waals surface area (Å²) < 4.78 is 23.8. The molecule has 0 atom stereocenters. The van der Waals surface area contributed by atoms with Gasteiger partial charge in [0.05, 0.1) is 19.8 Å². The number of likely N-dealkylation sites (tertiary alicyclic amines) is 1. The molecule has 2 aliphatic rings. The number of halogens is 1. The predicted molar refractivity (Wildman–Crippen MR) is 113 cm³/mol. The molecule has 1 N–H and O–H groups in total. The molecule has 0 unspecified atom stereocenters. The summed E-state index contributed by atoms with van der Waals surface area (Å²) in [5, 5.41) is 7.09. The van der Waals surface area contributed by atoms with Crippen LogP contribution in [0, 0.1) is 11.7 Å². The fourth-order valence-corrected chi connectivity index (χ4v) is 4.06. The van der Waals surface area contributed by atoms with Crippen LogP contribution in [0.3, 0.4) is 0 Å². The minimum absolute atomic E-state index is 0.0668. The Bertz CT molecular complexity index is 830. The Morgan fingerprint density at radius 3 is 2.58 bits per heavy atom. The standard InChI is InChI=1S/C22H30FN5O3/c23-19-4-2-17(3-5-19)21-25-20(31-26-21)16-28-10-6-18(7-11-28)22(29)24-8-1-9-27-12-14-30-15-13-27/h2-5,18H,1,6-16H2,(H,24,29). The molecule has 9 heteroatoms. The number of amides is 1. The molecule has 4 rings (SSSR count). The number of carbonyl (C=O) groups is 1. The lowest BCUT2D eigenvalue weighted by atomic mass is 9.96. The predicted octanol–water partition coefficient (Wildman–Crippen LogP) is 1.93. The molecule has 3 heterocycles. The van der Waals surface area contributed by atoms with Crippen molar-refractivity contribution in [2.75, 3.05) is 52.5 Å². The van der Waals surface area contributed by atoms with Crippen LogP contribution in [-0.2, 0) is 16.1 Å². The number of benzene rings is 1. The summed E-state index contributed by atoms with van der Waals surface area (Å²) in [6.45, 7) is 7.51. The molecular formula is C22H30FN5O3. The second-order valence-electron chi connectivity index (χ2n) is 8.17. The van der Waals surface area contributed by atoms with Crippen LogP contribution < -0.4 is 5.32 Å². The van der Waals surface area contributed by atoms with E-state index in [1.165, 1.54) is 12.1 Å². The summed E-state index contributed by atoms with van der Waals surface area (Å²) in [4.78, 5) is 21.5. The zero-order chi connectivity index (χ0) is 21.5. The minimum Gasteiger partial charge on any atom is -0.379 e. The lowest BCUT2D eigenvalue weighted by molar-refractivity contribution is -0.126. The van der Waals surface area contributed by atoms with Gasteiger partial charge in [0.15, 0.2) is 0 Å². The van der Waals surface area contributed by atoms with Gasteiger partial charge in [-0.1, -0.05) is 5.16 Å². The van der Waals surface area contributed by atoms with Crippen molar-refractivity contribution >= 4 is 5.91 Å². The Morgan fingerprint density at radius 2 is 1.84 bits per heavy atom. The highest BCUT2D eigenvalue weighted by Crippen LogP contribution is 2.21. The normalized spacial score (nSPS) is 18.9. The van der Waals surface area contributed by atoms with Crippen molar-refractivity contribution < 1.29 is 18.4 Å². The van der Waals surface area contributed by atoms with Gasteiger partial charge in [-0.15, -0.1) is 0 Å². The highest BCUT2D eigenvalue weighted by atomic mass is 19.1. The summed E-state index contributed by atoms with van der Waals surface area (Å²) in [7, 11) is 0. The minimum atomic E-state index is -0.295. The van der Waals surface area contributed by atoms with Crippen LogP contribution in [0.4, 0.5) is 4.39 Å². The lowest BCUT2D eigenvalue weighted by Gasteiger charge is -2.30. The number of aromatic nitrogens is 2. The lowest BCUT2D eigenvalue weighted by Crippen LogP contribution is -2.41. The van der Waals surface area contributed by atoms with Gasteiger partial charge in [-0.05, 0) is 63.2 Å². The summed E-state index contributed by atoms with van der Waals surface area (Å²) in [5.41, 5.74) is 0.723. The van der Waals surface area contributed by atoms with E-state index in [1.807, 2.05) is 0 Å². The zero-order valence-electron chi connectivity index (χ0n) is 17.8. The Kier molecular flexibility index (Phi) is 7.61. The Morgan fingerprint density at radius 1 is 1.10 bits per heavy atom. The van der Waals surface area contributed by atoms with E-state index in [2.05, 4.69) is 25.3 Å². The SMILES string of the molecule is O=C(NCCCN1CCOCC1)C1CCN(Cc2nc(-c3ccc(F)cc3)no2)CC1. The van der Waals surface area contributed by atoms with Crippen LogP contribution in [0.1, 0.15) is 25.2 Å². The van der Waals surface area contributed by atoms with Crippen LogP contribution >= 0.6 is 0 Å². The molecule has 168 valence electrons. The Balaban J connectivity index is 1.15. The van der Waals surface area contributed by atoms with Crippen molar-refractivity contribution in [2.24, 2.45) is 5.92 Å². The van der Waals surface area contributed by atoms with Crippen molar-refractivity contribution in [2.45, 2.75) is 25.8 Å². The molecule has 2 saturated heterocycles. The van der Waals surface area contributed by atoms with Crippen LogP contribution in [-0.4, -0.2) is 78.3 Å². The molecule has 1 aromatic carbocycles. The first-order valence-corrected chi connectivity index (χ1v) is 11.1. The summed E-state index contributed by atoms with van der Waals surface area (Å²) >= 11 is 0. The van der Waals surface area contributed by atoms with Gasteiger partial charge in [-0.2, -0.15) is 4.98 Å². The van der Waals surface area contributed by atoms with Crippen LogP contribution in [0.5, 0.6) is 0 Å². The maximum atomic E-state index is 13.1. The number of rotatable bonds is 8. The smallest absolute Gasteiger partial charge is 0.241 e. The van der Waals surface area contributed by atoms with Crippen molar-refractivity contribution in [3.63, 3.8) is 0 Å². The molecule has 1 amide bonds. The zero-order valence-corrected chi connectivity index (χ0v) is 17.8. The van der Waals surface area contributed by atoms with E-state index < -0.39 is 0 Å². The molecule has 0 spiro atoms. The fourth-order valence-electron chi connectivity index (χ4n) is 4.06. The Hall–Kier alpha value is -2.36. The monoisotopic (exact) mass is 431 g/mol. The van der Waals surface area contributed by atoms with E-state index in [-0.39, 0.29) is 17.6 Å². The maximum Gasteiger partial charge on any atom is 0.241 e. The number of ether oxygens (including phenoxy) is 1. The van der Waals surface area contributed by atoms with Crippen molar-refractivity contribution in [1.29, 1.82) is 0 Å². The first-order chi connectivity index (χ1) is 15.2. The van der Waals surface area contributed by atoms with Gasteiger partial charge in [0.1, 0.15) is 5.82 Å². The molecule has 8 nitrogen and oxygen atoms in total. The molecule has 1 aromatic heterocycles. The average molecular weight is 432 g/mol. The second-order valence-corrected chi connectivity index (χ2v) is 8.17. The first kappa shape index (κ1) is 21.9. The van der Waals surface area contributed by atoms with Gasteiger partial charge in [-0.25, -0.2) is 4.39 Å². The first-order valence-electron chi connectivity index (χ1n) is 11.1. The van der Waals surface area contributed by atoms with Crippen LogP contribution in [0.2, 0.25) is 0 Å². The van der Waals surface area contributed by atoms with E-state index in [9.17, 15) is 9.18 Å². The average Bonchev–Trinajstić information content (AvgIpc) is 3.27. The molecular weight excluding hydrogens is 401 g/mol. The third kappa shape index (κ3) is 6.32. The number of carbonyl (C=O) groups excluding carboxylic acids is 1. The summed E-state index contributed by atoms with van der Waals surface area (Å²) in [5.74, 6) is 0.929. The van der Waals surface area contributed by atoms with Gasteiger partial charge in [0.25, 0.3) is 0 Å². The molecule has 0 saturated carbocycles. The van der Waals surface area contributed by atoms with E-state index >= 15 is 0 Å². The number of hydrogen-bond acceptors (Lipinski definition) is 7. The van der Waals surface area contributed by atoms with E-state index in [0.29, 0.717) is 18.3 Å². The van der Waals surface area contributed by atoms with Gasteiger partial charge in [0.2, 0.25) is 17.6 Å². The van der Waals surface area contributed by atoms with Gasteiger partial charge in [-0.3, -0.25) is 14.6 Å². The van der Waals surface area contributed by atoms with E-state index in [0.717, 1.165) is 77.3 Å². The summed E-state index contributed by atoms with van der Waals surface area (Å²) in [6.07, 6.45) is 2.63.